The molecule has 1 aliphatic heterocycles. The van der Waals surface area contributed by atoms with Gasteiger partial charge in [0.25, 0.3) is 11.8 Å². The summed E-state index contributed by atoms with van der Waals surface area (Å²) < 4.78 is 18.4. The predicted molar refractivity (Wildman–Crippen MR) is 202 cm³/mol. The van der Waals surface area contributed by atoms with E-state index in [1.165, 1.54) is 12.6 Å². The zero-order valence-corrected chi connectivity index (χ0v) is 33.5. The Hall–Kier alpha value is -4.20. The van der Waals surface area contributed by atoms with E-state index in [4.69, 9.17) is 30.5 Å². The average molecular weight is 797 g/mol. The second-order valence-corrected chi connectivity index (χ2v) is 10.8. The normalized spacial score (nSPS) is 11.5. The van der Waals surface area contributed by atoms with Gasteiger partial charge >= 0.3 is 0 Å². The maximum absolute atomic E-state index is 13.2. The number of hydrogen-bond acceptors (Lipinski definition) is 14. The van der Waals surface area contributed by atoms with Crippen LogP contribution in [-0.4, -0.2) is 121 Å². The first-order valence-corrected chi connectivity index (χ1v) is 17.0. The number of ether oxygens (including phenoxy) is 3. The zero-order chi connectivity index (χ0) is 38.7. The van der Waals surface area contributed by atoms with Crippen LogP contribution in [0.15, 0.2) is 48.7 Å². The van der Waals surface area contributed by atoms with E-state index in [0.29, 0.717) is 64.7 Å². The van der Waals surface area contributed by atoms with Crippen molar-refractivity contribution >= 4 is 35.4 Å². The van der Waals surface area contributed by atoms with Crippen LogP contribution < -0.4 is 21.7 Å². The number of nitrogen functional groups attached to an aromatic ring is 1. The first-order chi connectivity index (χ1) is 25.3. The number of imide groups is 1. The molecule has 3 aromatic rings. The van der Waals surface area contributed by atoms with Crippen molar-refractivity contribution in [1.29, 1.82) is 0 Å². The summed E-state index contributed by atoms with van der Waals surface area (Å²) in [5.74, 6) is -1.63. The number of fused-ring (bicyclic) bond motifs is 1. The number of anilines is 2. The van der Waals surface area contributed by atoms with E-state index in [2.05, 4.69) is 26.3 Å². The fourth-order valence-electron chi connectivity index (χ4n) is 4.67. The van der Waals surface area contributed by atoms with Gasteiger partial charge in [-0.1, -0.05) is 42.8 Å². The van der Waals surface area contributed by atoms with Gasteiger partial charge < -0.3 is 48.1 Å². The number of hydrogen-bond donors (Lipinski definition) is 6. The Balaban J connectivity index is 0. The van der Waals surface area contributed by atoms with Crippen LogP contribution in [0.4, 0.5) is 11.4 Å². The molecule has 1 radical (unpaired) electrons. The molecule has 2 aromatic carbocycles. The number of aromatic nitrogens is 3. The summed E-state index contributed by atoms with van der Waals surface area (Å²) in [6.45, 7) is 10.4. The Labute approximate surface area is 330 Å². The molecule has 17 nitrogen and oxygen atoms in total. The molecule has 301 valence electrons. The first-order valence-electron chi connectivity index (χ1n) is 17.0. The van der Waals surface area contributed by atoms with E-state index in [0.717, 1.165) is 22.8 Å². The minimum absolute atomic E-state index is 0. The minimum atomic E-state index is -1.06. The Bertz CT molecular complexity index is 1460. The van der Waals surface area contributed by atoms with Crippen molar-refractivity contribution in [1.82, 2.24) is 30.5 Å². The summed E-state index contributed by atoms with van der Waals surface area (Å²) >= 11 is 0. The molecule has 0 bridgehead atoms. The molecule has 1 atom stereocenters. The Morgan fingerprint density at radius 3 is 2.20 bits per heavy atom. The van der Waals surface area contributed by atoms with Crippen LogP contribution in [0.1, 0.15) is 58.7 Å². The Morgan fingerprint density at radius 1 is 0.944 bits per heavy atom. The summed E-state index contributed by atoms with van der Waals surface area (Å²) in [5, 5.41) is 28.7. The number of nitrogens with zero attached hydrogens (tertiary/aromatic N) is 4. The third-order valence-electron chi connectivity index (χ3n) is 7.17. The summed E-state index contributed by atoms with van der Waals surface area (Å²) in [5.41, 5.74) is 9.16. The molecule has 4 rings (SSSR count). The van der Waals surface area contributed by atoms with Crippen molar-refractivity contribution in [2.24, 2.45) is 0 Å². The first kappa shape index (κ1) is 51.9. The quantitative estimate of drug-likeness (QED) is 0.0184. The fourth-order valence-corrected chi connectivity index (χ4v) is 4.67. The summed E-state index contributed by atoms with van der Waals surface area (Å²) in [6, 6.07) is 11.6. The molecule has 54 heavy (non-hydrogen) atoms. The van der Waals surface area contributed by atoms with E-state index in [-0.39, 0.29) is 50.0 Å². The third kappa shape index (κ3) is 17.8. The number of rotatable bonds is 20. The second-order valence-electron chi connectivity index (χ2n) is 10.8. The van der Waals surface area contributed by atoms with Crippen molar-refractivity contribution in [2.75, 3.05) is 71.3 Å². The number of carbonyl (C=O) groups is 4. The van der Waals surface area contributed by atoms with Gasteiger partial charge in [0, 0.05) is 56.5 Å². The molecule has 3 amide bonds. The number of likely N-dealkylation sites (N-methyl/N-ethyl adjacent to an activating group) is 2. The molecule has 1 aromatic heterocycles. The van der Waals surface area contributed by atoms with Crippen LogP contribution in [0.25, 0.3) is 0 Å². The molecule has 0 saturated heterocycles. The Kier molecular flexibility index (Phi) is 30.0. The molecule has 18 heteroatoms. The molecule has 0 aliphatic carbocycles. The van der Waals surface area contributed by atoms with E-state index in [9.17, 15) is 19.2 Å². The monoisotopic (exact) mass is 796 g/mol. The van der Waals surface area contributed by atoms with Gasteiger partial charge in [-0.15, -0.1) is 5.10 Å². The van der Waals surface area contributed by atoms with Gasteiger partial charge in [0.2, 0.25) is 5.91 Å². The van der Waals surface area contributed by atoms with Crippen LogP contribution in [0.2, 0.25) is 0 Å². The maximum atomic E-state index is 13.2. The number of nitrogens with one attached hydrogen (secondary N) is 3. The number of aldehydes is 1. The summed E-state index contributed by atoms with van der Waals surface area (Å²) in [7, 11) is 3.29. The van der Waals surface area contributed by atoms with Crippen molar-refractivity contribution in [2.45, 2.75) is 52.8 Å². The van der Waals surface area contributed by atoms with Crippen molar-refractivity contribution in [3.8, 4) is 0 Å². The molecule has 0 saturated carbocycles. The van der Waals surface area contributed by atoms with Gasteiger partial charge in [-0.05, 0) is 44.7 Å². The molecule has 1 aliphatic rings. The standard InChI is InChI=1S/C26H37N7O7.C7H9N.C2H6.CH3.H2O2.V/c1-27-8-12-40-18-19-17-32(31-30-19)10-14-39-16-15-38-13-9-29-21-6-3-5-20-23(21)26(37)33(25(20)36)22(7-4-11-34)24(35)28-2;1-6-2-4-7(8)5-3-6;1-2;;1-2;/h3,5-6,11,17,22,27,29H,4,7-10,12-16,18H2,1-2H3,(H,28,35);2-5H,8H2,1H3;1-2H3;1H3;1-2H;/q;;;-1;;. The molecule has 1 unspecified atom stereocenters. The number of carbonyl (C=O) groups excluding carboxylic acids is 4. The second kappa shape index (κ2) is 31.2. The van der Waals surface area contributed by atoms with Gasteiger partial charge in [0.05, 0.1) is 63.5 Å². The number of benzene rings is 2. The minimum Gasteiger partial charge on any atom is -0.399 e. The van der Waals surface area contributed by atoms with E-state index >= 15 is 0 Å². The van der Waals surface area contributed by atoms with Crippen molar-refractivity contribution in [3.63, 3.8) is 0 Å². The largest absolute Gasteiger partial charge is 0.399 e. The molecule has 2 heterocycles. The zero-order valence-electron chi connectivity index (χ0n) is 32.1. The predicted octanol–water partition coefficient (Wildman–Crippen LogP) is 2.92. The van der Waals surface area contributed by atoms with Gasteiger partial charge in [-0.25, -0.2) is 4.68 Å². The van der Waals surface area contributed by atoms with Crippen LogP contribution in [-0.2, 0) is 55.5 Å². The molecule has 7 N–H and O–H groups in total. The van der Waals surface area contributed by atoms with Crippen LogP contribution in [0.5, 0.6) is 0 Å². The van der Waals surface area contributed by atoms with Crippen LogP contribution in [0, 0.1) is 14.4 Å². The molecular weight excluding hydrogens is 739 g/mol. The number of amides is 3. The van der Waals surface area contributed by atoms with Crippen molar-refractivity contribution in [3.05, 3.63) is 78.5 Å². The molecular formula is C36H57N8O9V-. The van der Waals surface area contributed by atoms with Crippen LogP contribution in [0.3, 0.4) is 0 Å². The van der Waals surface area contributed by atoms with Gasteiger partial charge in [-0.3, -0.25) is 29.8 Å². The van der Waals surface area contributed by atoms with E-state index in [1.807, 2.05) is 58.3 Å². The smallest absolute Gasteiger partial charge is 0.264 e. The van der Waals surface area contributed by atoms with E-state index < -0.39 is 23.8 Å². The average Bonchev–Trinajstić information content (AvgIpc) is 3.73. The summed E-state index contributed by atoms with van der Waals surface area (Å²) in [4.78, 5) is 50.4. The SMILES string of the molecule is CC.CNCCOCc1cn(CCOCCOCCNc2cccc3c2C(=O)N(C(CCC=O)C(=O)NC)C3=O)nn1.Cc1ccc(N)cc1.OO.[CH3-].[V]. The fraction of sp³-hybridized carbons (Fsp3) is 0.472. The van der Waals surface area contributed by atoms with Gasteiger partial charge in [0.1, 0.15) is 18.0 Å². The van der Waals surface area contributed by atoms with Crippen molar-refractivity contribution < 1.29 is 62.5 Å². The summed E-state index contributed by atoms with van der Waals surface area (Å²) in [6.07, 6.45) is 2.58. The number of nitrogens with two attached hydrogens (primary N) is 1. The van der Waals surface area contributed by atoms with E-state index in [1.54, 1.807) is 22.9 Å². The van der Waals surface area contributed by atoms with Crippen LogP contribution >= 0.6 is 0 Å². The molecule has 0 spiro atoms. The number of aryl methyl sites for hydroxylation is 1. The Morgan fingerprint density at radius 2 is 1.59 bits per heavy atom. The maximum Gasteiger partial charge on any atom is 0.264 e. The molecule has 0 fully saturated rings. The third-order valence-corrected chi connectivity index (χ3v) is 7.17. The topological polar surface area (TPSA) is 232 Å². The van der Waals surface area contributed by atoms with Gasteiger partial charge in [-0.2, -0.15) is 0 Å². The van der Waals surface area contributed by atoms with Gasteiger partial charge in [0.15, 0.2) is 0 Å².